The van der Waals surface area contributed by atoms with Gasteiger partial charge in [-0.25, -0.2) is 39.9 Å². The molecule has 0 saturated heterocycles. The molecule has 2 aliphatic carbocycles. The van der Waals surface area contributed by atoms with Gasteiger partial charge in [0.2, 0.25) is 5.95 Å². The summed E-state index contributed by atoms with van der Waals surface area (Å²) in [5.41, 5.74) is 32.3. The quantitative estimate of drug-likeness (QED) is 0.111. The summed E-state index contributed by atoms with van der Waals surface area (Å²) < 4.78 is 17.1. The Morgan fingerprint density at radius 3 is 1.39 bits per heavy atom. The number of hydrogen-bond acceptors (Lipinski definition) is 10. The van der Waals surface area contributed by atoms with Gasteiger partial charge in [-0.1, -0.05) is 382 Å². The number of rotatable bonds is 13. The van der Waals surface area contributed by atoms with Crippen molar-refractivity contribution in [1.29, 1.82) is 0 Å². The maximum Gasteiger partial charge on any atom is 0.235 e. The minimum absolute atomic E-state index is 0.506. The van der Waals surface area contributed by atoms with Gasteiger partial charge in [-0.05, 0) is 191 Å². The fourth-order valence-electron chi connectivity index (χ4n) is 25.0. The first-order chi connectivity index (χ1) is 74.4. The lowest BCUT2D eigenvalue weighted by molar-refractivity contribution is 0.666. The van der Waals surface area contributed by atoms with E-state index in [2.05, 4.69) is 432 Å². The molecule has 0 unspecified atom stereocenters. The average Bonchev–Trinajstić information content (AvgIpc) is 1.66. The Morgan fingerprint density at radius 1 is 0.213 bits per heavy atom. The molecule has 22 aromatic carbocycles. The van der Waals surface area contributed by atoms with E-state index in [9.17, 15) is 0 Å². The molecular formula is C137H79N11OS. The van der Waals surface area contributed by atoms with Crippen LogP contribution < -0.4 is 0 Å². The van der Waals surface area contributed by atoms with E-state index < -0.39 is 5.41 Å². The summed E-state index contributed by atoms with van der Waals surface area (Å²) in [6.45, 7) is 0. The Hall–Kier alpha value is -19.9. The lowest BCUT2D eigenvalue weighted by Crippen LogP contribution is -2.25. The van der Waals surface area contributed by atoms with Crippen LogP contribution in [0.5, 0.6) is 0 Å². The van der Waals surface area contributed by atoms with Crippen molar-refractivity contribution in [2.75, 3.05) is 0 Å². The minimum Gasteiger partial charge on any atom is -0.454 e. The van der Waals surface area contributed by atoms with Crippen LogP contribution in [0, 0.1) is 0 Å². The minimum atomic E-state index is -0.537. The Labute approximate surface area is 862 Å². The van der Waals surface area contributed by atoms with E-state index in [4.69, 9.17) is 44.3 Å². The first kappa shape index (κ1) is 83.6. The Kier molecular flexibility index (Phi) is 18.2. The van der Waals surface area contributed by atoms with Crippen LogP contribution in [0.25, 0.3) is 293 Å². The molecule has 0 N–H and O–H groups in total. The smallest absolute Gasteiger partial charge is 0.235 e. The molecule has 13 heteroatoms. The number of thiophene rings is 1. The van der Waals surface area contributed by atoms with Gasteiger partial charge in [0.1, 0.15) is 5.58 Å². The van der Waals surface area contributed by atoms with Gasteiger partial charge in [0.05, 0.1) is 66.0 Å². The summed E-state index contributed by atoms with van der Waals surface area (Å²) >= 11 is 1.87. The van der Waals surface area contributed by atoms with E-state index in [0.29, 0.717) is 46.5 Å². The van der Waals surface area contributed by atoms with Gasteiger partial charge in [-0.2, -0.15) is 0 Å². The fraction of sp³-hybridized carbons (Fsp3) is 0.00730. The third-order valence-electron chi connectivity index (χ3n) is 31.4. The summed E-state index contributed by atoms with van der Waals surface area (Å²) in [7, 11) is 0. The second-order valence-electron chi connectivity index (χ2n) is 39.3. The van der Waals surface area contributed by atoms with Crippen molar-refractivity contribution >= 4 is 151 Å². The maximum atomic E-state index is 7.41. The zero-order valence-electron chi connectivity index (χ0n) is 80.3. The van der Waals surface area contributed by atoms with Gasteiger partial charge < -0.3 is 13.6 Å². The number of fused-ring (bicyclic) bond motifs is 31. The first-order valence-corrected chi connectivity index (χ1v) is 51.7. The van der Waals surface area contributed by atoms with Crippen LogP contribution in [0.15, 0.2) is 484 Å². The van der Waals surface area contributed by atoms with Gasteiger partial charge in [0.15, 0.2) is 40.5 Å². The van der Waals surface area contributed by atoms with Crippen LogP contribution in [-0.2, 0) is 5.41 Å². The standard InChI is InChI=1S/C137H79N11OS/c1-5-34-80(35-6-1)111-79-112(98-56-32-60-110-122(98)97-50-19-26-59-109(97)137(110)107-57-24-17-47-92(107)93-48-18-25-58-108(93)137)139-136(138-111)148-114-62-28-20-51-99(114)123-90(55-33-63-117(123)148)88-44-31-45-89(74-88)133-141-132(83-40-11-4-12-41-83)144-135(145-133)103-70-73-118(128-125(103)101-53-22-29-64-120(101)149-128)146-116-71-67-87(76-104(116)105-75-84-42-13-14-43-85(84)78-119(105)146)86-66-68-95-106(77-86)124-100-52-21-27-61-113(100)147(127(124)129-126(95)102-54-23-30-65-121(102)150-129)115-72-69-96(91-46-15-16-49-94(91)115)134-142-130(81-36-7-2-8-37-81)140-131(143-134)82-38-9-3-10-39-82/h1-79H. The van der Waals surface area contributed by atoms with Gasteiger partial charge >= 0.3 is 0 Å². The summed E-state index contributed by atoms with van der Waals surface area (Å²) in [5, 5.41) is 17.8. The van der Waals surface area contributed by atoms with Gasteiger partial charge in [-0.3, -0.25) is 4.57 Å². The zero-order chi connectivity index (χ0) is 98.1. The molecule has 30 aromatic rings. The van der Waals surface area contributed by atoms with E-state index in [1.165, 1.54) is 86.2 Å². The van der Waals surface area contributed by atoms with E-state index in [0.717, 1.165) is 182 Å². The fourth-order valence-corrected chi connectivity index (χ4v) is 26.2. The van der Waals surface area contributed by atoms with Crippen molar-refractivity contribution in [2.45, 2.75) is 5.41 Å². The van der Waals surface area contributed by atoms with Crippen LogP contribution in [0.1, 0.15) is 22.3 Å². The SMILES string of the molecule is c1ccc(-c2cc(-c3cccc4c3-c3ccccc3C43c4ccccc4-c4ccccc43)nc(-n3c4ccccc4c4c(-c5cccc(-c6nc(-c7ccccc7)nc(-c7ccc(-n8c9ccc(-c%10ccc%11c(c%10)c%10c%12ccccc%12n(-c%12ccc(-c%13nc(-c%14ccccc%14)nc(-c%14ccccc%14)n%13)c%13ccccc%12%13)c%10c%10sc%12ccccc%12c%11%10)cc9c9cc%10ccccc%10cc98)c8oc9ccccc9c78)n6)c5)cccc43)n2)cc1. The molecule has 1 spiro atoms. The molecule has 32 rings (SSSR count). The van der Waals surface area contributed by atoms with Crippen LogP contribution in [0.4, 0.5) is 0 Å². The van der Waals surface area contributed by atoms with Gasteiger partial charge in [0.25, 0.3) is 0 Å². The monoisotopic (exact) mass is 1930 g/mol. The first-order valence-electron chi connectivity index (χ1n) is 50.8. The van der Waals surface area contributed by atoms with Crippen molar-refractivity contribution in [1.82, 2.24) is 53.6 Å². The third kappa shape index (κ3) is 12.4. The highest BCUT2D eigenvalue weighted by Gasteiger charge is 2.52. The number of hydrogen-bond donors (Lipinski definition) is 0. The molecule has 2 aliphatic rings. The molecule has 0 radical (unpaired) electrons. The molecule has 0 aliphatic heterocycles. The molecular weight excluding hydrogens is 1850 g/mol. The highest BCUT2D eigenvalue weighted by molar-refractivity contribution is 7.27. The molecule has 694 valence electrons. The summed E-state index contributed by atoms with van der Waals surface area (Å²) in [5.74, 6) is 3.97. The molecule has 0 bridgehead atoms. The Morgan fingerprint density at radius 2 is 0.687 bits per heavy atom. The number of nitrogens with zero attached hydrogens (tertiary/aromatic N) is 11. The molecule has 0 fully saturated rings. The van der Waals surface area contributed by atoms with Crippen molar-refractivity contribution in [2.24, 2.45) is 0 Å². The van der Waals surface area contributed by atoms with Gasteiger partial charge in [-0.15, -0.1) is 11.3 Å². The van der Waals surface area contributed by atoms with Crippen molar-refractivity contribution in [3.05, 3.63) is 501 Å². The number of benzene rings is 22. The topological polar surface area (TPSA) is 131 Å². The zero-order valence-corrected chi connectivity index (χ0v) is 81.2. The second kappa shape index (κ2) is 32.6. The predicted octanol–water partition coefficient (Wildman–Crippen LogP) is 34.9. The maximum absolute atomic E-state index is 7.41. The van der Waals surface area contributed by atoms with Crippen LogP contribution in [0.2, 0.25) is 0 Å². The Bertz CT molecular complexity index is 10900. The van der Waals surface area contributed by atoms with E-state index in [1.54, 1.807) is 0 Å². The van der Waals surface area contributed by atoms with Crippen molar-refractivity contribution < 1.29 is 4.42 Å². The van der Waals surface area contributed by atoms with Crippen molar-refractivity contribution in [3.63, 3.8) is 0 Å². The van der Waals surface area contributed by atoms with E-state index >= 15 is 0 Å². The molecule has 0 atom stereocenters. The highest BCUT2D eigenvalue weighted by atomic mass is 32.1. The van der Waals surface area contributed by atoms with E-state index in [-0.39, 0.29) is 0 Å². The van der Waals surface area contributed by atoms with Gasteiger partial charge in [0, 0.05) is 108 Å². The lowest BCUT2D eigenvalue weighted by atomic mass is 9.70. The van der Waals surface area contributed by atoms with Crippen molar-refractivity contribution in [3.8, 4) is 153 Å². The highest BCUT2D eigenvalue weighted by Crippen LogP contribution is 2.65. The average molecular weight is 1930 g/mol. The summed E-state index contributed by atoms with van der Waals surface area (Å²) in [6.07, 6.45) is 0. The van der Waals surface area contributed by atoms with Crippen LogP contribution >= 0.6 is 11.3 Å². The predicted molar refractivity (Wildman–Crippen MR) is 615 cm³/mol. The largest absolute Gasteiger partial charge is 0.454 e. The summed E-state index contributed by atoms with van der Waals surface area (Å²) in [4.78, 5) is 43.8. The van der Waals surface area contributed by atoms with Crippen LogP contribution in [0.3, 0.4) is 0 Å². The molecule has 0 saturated carbocycles. The molecule has 0 amide bonds. The number of furan rings is 1. The molecule has 12 nitrogen and oxygen atoms in total. The lowest BCUT2D eigenvalue weighted by Gasteiger charge is -2.30. The Balaban J connectivity index is 0.536. The van der Waals surface area contributed by atoms with E-state index in [1.807, 2.05) is 72.0 Å². The molecule has 150 heavy (non-hydrogen) atoms. The normalized spacial score (nSPS) is 12.6. The third-order valence-corrected chi connectivity index (χ3v) is 32.5. The molecule has 8 heterocycles. The number of para-hydroxylation sites is 3. The van der Waals surface area contributed by atoms with Crippen LogP contribution in [-0.4, -0.2) is 53.6 Å². The molecule has 8 aromatic heterocycles. The number of aromatic nitrogens is 11. The second-order valence-corrected chi connectivity index (χ2v) is 40.4. The summed E-state index contributed by atoms with van der Waals surface area (Å²) in [6, 6.07) is 173.